The van der Waals surface area contributed by atoms with E-state index in [0.29, 0.717) is 36.1 Å². The minimum Gasteiger partial charge on any atom is -0.493 e. The van der Waals surface area contributed by atoms with E-state index in [1.807, 2.05) is 11.0 Å². The molecule has 3 heterocycles. The molecule has 4 aliphatic carbocycles. The van der Waals surface area contributed by atoms with Gasteiger partial charge < -0.3 is 23.5 Å². The van der Waals surface area contributed by atoms with Crippen LogP contribution in [-0.4, -0.2) is 53.6 Å². The molecule has 9 rings (SSSR count). The van der Waals surface area contributed by atoms with E-state index in [0.717, 1.165) is 18.6 Å². The van der Waals surface area contributed by atoms with Crippen LogP contribution in [0.4, 0.5) is 4.39 Å². The third kappa shape index (κ3) is 2.30. The zero-order valence-corrected chi connectivity index (χ0v) is 21.0. The van der Waals surface area contributed by atoms with Crippen molar-refractivity contribution in [3.8, 4) is 29.1 Å². The van der Waals surface area contributed by atoms with Gasteiger partial charge in [-0.15, -0.1) is 10.2 Å². The molecule has 0 radical (unpaired) electrons. The Bertz CT molecular complexity index is 1560. The standard InChI is InChI=1S/C29H25FN4O4/c1-35-20-8-5-17-13-21-27-9-10-29(36-2,26-28(27,11-12-34(21)15-31)22(17)23(20)37-26)19(14-27)25-33-32-24(38-25)16-3-6-18(30)7-4-16/h3-10,19,21,26H,11-14H2,1-2H3/t19-,21+,26-,27+,28-,29+/m0/s1. The summed E-state index contributed by atoms with van der Waals surface area (Å²) in [5, 5.41) is 18.9. The first-order chi connectivity index (χ1) is 18.5. The van der Waals surface area contributed by atoms with Crippen molar-refractivity contribution in [3.05, 3.63) is 71.4 Å². The van der Waals surface area contributed by atoms with E-state index in [2.05, 4.69) is 34.6 Å². The summed E-state index contributed by atoms with van der Waals surface area (Å²) in [5.74, 6) is 1.63. The number of piperidine rings is 1. The van der Waals surface area contributed by atoms with E-state index in [1.165, 1.54) is 23.3 Å². The fourth-order valence-corrected chi connectivity index (χ4v) is 8.47. The second-order valence-electron chi connectivity index (χ2n) is 11.0. The number of fused-ring (bicyclic) bond motifs is 1. The van der Waals surface area contributed by atoms with Gasteiger partial charge in [-0.25, -0.2) is 4.39 Å². The molecule has 2 aromatic carbocycles. The number of rotatable bonds is 4. The highest BCUT2D eigenvalue weighted by molar-refractivity contribution is 5.66. The smallest absolute Gasteiger partial charge is 0.247 e. The molecular formula is C29H25FN4O4. The van der Waals surface area contributed by atoms with Crippen molar-refractivity contribution in [3.63, 3.8) is 0 Å². The van der Waals surface area contributed by atoms with Crippen molar-refractivity contribution in [1.82, 2.24) is 15.1 Å². The summed E-state index contributed by atoms with van der Waals surface area (Å²) in [6.07, 6.45) is 8.69. The predicted molar refractivity (Wildman–Crippen MR) is 132 cm³/mol. The maximum absolute atomic E-state index is 13.5. The van der Waals surface area contributed by atoms with Gasteiger partial charge in [0.15, 0.2) is 17.7 Å². The van der Waals surface area contributed by atoms with E-state index in [1.54, 1.807) is 26.4 Å². The summed E-state index contributed by atoms with van der Waals surface area (Å²) in [4.78, 5) is 1.94. The molecule has 192 valence electrons. The first kappa shape index (κ1) is 22.1. The van der Waals surface area contributed by atoms with Crippen LogP contribution in [-0.2, 0) is 16.6 Å². The molecule has 2 fully saturated rings. The van der Waals surface area contributed by atoms with E-state index in [9.17, 15) is 9.65 Å². The number of aromatic nitrogens is 2. The van der Waals surface area contributed by atoms with Crippen LogP contribution in [0.15, 0.2) is 53.0 Å². The minimum absolute atomic E-state index is 0.0346. The van der Waals surface area contributed by atoms with E-state index in [-0.39, 0.29) is 29.3 Å². The number of benzene rings is 2. The summed E-state index contributed by atoms with van der Waals surface area (Å²) in [6.45, 7) is 0.659. The molecule has 9 heteroatoms. The Hall–Kier alpha value is -3.90. The number of ether oxygens (including phenoxy) is 3. The molecule has 8 nitrogen and oxygen atoms in total. The van der Waals surface area contributed by atoms with Gasteiger partial charge in [0.1, 0.15) is 17.5 Å². The summed E-state index contributed by atoms with van der Waals surface area (Å²) in [7, 11) is 3.37. The van der Waals surface area contributed by atoms with Gasteiger partial charge >= 0.3 is 0 Å². The summed E-state index contributed by atoms with van der Waals surface area (Å²) in [5.41, 5.74) is 1.42. The molecule has 1 saturated carbocycles. The Morgan fingerprint density at radius 3 is 2.74 bits per heavy atom. The number of hydrogen-bond acceptors (Lipinski definition) is 8. The first-order valence-corrected chi connectivity index (χ1v) is 12.9. The number of nitrogens with zero attached hydrogens (tertiary/aromatic N) is 4. The topological polar surface area (TPSA) is 93.6 Å². The maximum atomic E-state index is 13.5. The van der Waals surface area contributed by atoms with E-state index >= 15 is 0 Å². The Balaban J connectivity index is 1.34. The molecule has 0 unspecified atom stereocenters. The number of methoxy groups -OCH3 is 2. The van der Waals surface area contributed by atoms with Gasteiger partial charge in [-0.3, -0.25) is 0 Å². The average molecular weight is 513 g/mol. The van der Waals surface area contributed by atoms with Crippen molar-refractivity contribution >= 4 is 0 Å². The van der Waals surface area contributed by atoms with Gasteiger partial charge in [-0.2, -0.15) is 5.26 Å². The van der Waals surface area contributed by atoms with E-state index < -0.39 is 11.0 Å². The largest absolute Gasteiger partial charge is 0.493 e. The highest BCUT2D eigenvalue weighted by Crippen LogP contribution is 2.75. The molecule has 2 spiro atoms. The lowest BCUT2D eigenvalue weighted by atomic mass is 9.37. The zero-order chi connectivity index (χ0) is 25.9. The molecule has 2 aliphatic heterocycles. The summed E-state index contributed by atoms with van der Waals surface area (Å²) < 4.78 is 38.9. The first-order valence-electron chi connectivity index (χ1n) is 12.9. The number of likely N-dealkylation sites (tertiary alicyclic amines) is 1. The van der Waals surface area contributed by atoms with Gasteiger partial charge in [-0.05, 0) is 55.2 Å². The lowest BCUT2D eigenvalue weighted by molar-refractivity contribution is -0.197. The Morgan fingerprint density at radius 1 is 1.13 bits per heavy atom. The quantitative estimate of drug-likeness (QED) is 0.381. The van der Waals surface area contributed by atoms with Crippen LogP contribution in [0.2, 0.25) is 0 Å². The van der Waals surface area contributed by atoms with Crippen LogP contribution >= 0.6 is 0 Å². The Morgan fingerprint density at radius 2 is 1.97 bits per heavy atom. The minimum atomic E-state index is -0.869. The number of hydrogen-bond donors (Lipinski definition) is 0. The van der Waals surface area contributed by atoms with Gasteiger partial charge in [0, 0.05) is 30.2 Å². The molecule has 0 amide bonds. The fourth-order valence-electron chi connectivity index (χ4n) is 8.47. The third-order valence-electron chi connectivity index (χ3n) is 9.97. The fraction of sp³-hybridized carbons (Fsp3) is 0.414. The van der Waals surface area contributed by atoms with Crippen LogP contribution in [0, 0.1) is 22.7 Å². The van der Waals surface area contributed by atoms with Crippen LogP contribution < -0.4 is 9.47 Å². The predicted octanol–water partition coefficient (Wildman–Crippen LogP) is 4.12. The molecule has 0 N–H and O–H groups in total. The summed E-state index contributed by atoms with van der Waals surface area (Å²) in [6, 6.07) is 10.1. The lowest BCUT2D eigenvalue weighted by Crippen LogP contribution is -2.78. The van der Waals surface area contributed by atoms with Crippen molar-refractivity contribution in [2.45, 2.75) is 48.3 Å². The van der Waals surface area contributed by atoms with Gasteiger partial charge in [0.2, 0.25) is 11.8 Å². The molecule has 38 heavy (non-hydrogen) atoms. The van der Waals surface area contributed by atoms with Gasteiger partial charge in [0.25, 0.3) is 0 Å². The van der Waals surface area contributed by atoms with Crippen molar-refractivity contribution in [2.75, 3.05) is 20.8 Å². The lowest BCUT2D eigenvalue weighted by Gasteiger charge is -2.70. The van der Waals surface area contributed by atoms with Crippen molar-refractivity contribution < 1.29 is 23.0 Å². The average Bonchev–Trinajstić information content (AvgIpc) is 3.57. The van der Waals surface area contributed by atoms with Crippen LogP contribution in [0.25, 0.3) is 11.5 Å². The second-order valence-corrected chi connectivity index (χ2v) is 11.0. The normalized spacial score (nSPS) is 35.0. The highest BCUT2D eigenvalue weighted by Gasteiger charge is 2.80. The molecular weight excluding hydrogens is 487 g/mol. The molecule has 6 aliphatic rings. The monoisotopic (exact) mass is 512 g/mol. The van der Waals surface area contributed by atoms with Crippen molar-refractivity contribution in [1.29, 1.82) is 5.26 Å². The van der Waals surface area contributed by atoms with Crippen LogP contribution in [0.3, 0.4) is 0 Å². The molecule has 1 saturated heterocycles. The molecule has 3 aromatic rings. The number of halogens is 1. The second kappa shape index (κ2) is 7.14. The van der Waals surface area contributed by atoms with Gasteiger partial charge in [0.05, 0.1) is 24.5 Å². The molecule has 6 atom stereocenters. The van der Waals surface area contributed by atoms with Gasteiger partial charge in [-0.1, -0.05) is 18.2 Å². The number of nitriles is 1. The highest BCUT2D eigenvalue weighted by atomic mass is 19.1. The van der Waals surface area contributed by atoms with Crippen LogP contribution in [0.5, 0.6) is 11.5 Å². The Kier molecular flexibility index (Phi) is 4.16. The van der Waals surface area contributed by atoms with E-state index in [4.69, 9.17) is 18.6 Å². The third-order valence-corrected chi connectivity index (χ3v) is 9.97. The summed E-state index contributed by atoms with van der Waals surface area (Å²) >= 11 is 0. The van der Waals surface area contributed by atoms with Crippen molar-refractivity contribution in [2.24, 2.45) is 5.41 Å². The zero-order valence-electron chi connectivity index (χ0n) is 21.0. The molecule has 1 aromatic heterocycles. The molecule has 4 bridgehead atoms. The maximum Gasteiger partial charge on any atom is 0.247 e. The van der Waals surface area contributed by atoms with Crippen LogP contribution in [0.1, 0.15) is 35.8 Å². The SMILES string of the molecule is COc1ccc2c3c1O[C@@H]1[C@@]4(OC)C=C[C@@]5(C[C@H]4c4nnc(-c6ccc(F)cc6)o4)[C@@H](C2)N(C#N)CC[C@]315. The Labute approximate surface area is 218 Å².